The third-order valence-corrected chi connectivity index (χ3v) is 2.79. The second-order valence-electron chi connectivity index (χ2n) is 4.90. The van der Waals surface area contributed by atoms with Gasteiger partial charge in [0.15, 0.2) is 6.61 Å². The van der Waals surface area contributed by atoms with Crippen LogP contribution in [0.25, 0.3) is 11.3 Å². The minimum Gasteiger partial charge on any atom is -0.468 e. The Morgan fingerprint density at radius 2 is 1.96 bits per heavy atom. The van der Waals surface area contributed by atoms with Gasteiger partial charge in [-0.25, -0.2) is 9.97 Å². The molecule has 0 spiro atoms. The van der Waals surface area contributed by atoms with E-state index >= 15 is 0 Å². The molecular formula is C15H14F3N3O2. The summed E-state index contributed by atoms with van der Waals surface area (Å²) in [5.41, 5.74) is 1.33. The molecule has 0 saturated heterocycles. The Hall–Kier alpha value is -2.64. The predicted octanol–water partition coefficient (Wildman–Crippen LogP) is 2.79. The van der Waals surface area contributed by atoms with Crippen LogP contribution in [0, 0.1) is 0 Å². The molecule has 0 aliphatic carbocycles. The van der Waals surface area contributed by atoms with Crippen molar-refractivity contribution in [1.82, 2.24) is 14.9 Å². The average Bonchev–Trinajstić information content (AvgIpc) is 2.52. The third-order valence-electron chi connectivity index (χ3n) is 2.79. The van der Waals surface area contributed by atoms with Gasteiger partial charge in [0, 0.05) is 31.9 Å². The van der Waals surface area contributed by atoms with Crippen molar-refractivity contribution in [3.63, 3.8) is 0 Å². The molecule has 5 nitrogen and oxygen atoms in total. The number of rotatable bonds is 4. The second kappa shape index (κ2) is 6.64. The number of hydrogen-bond acceptors (Lipinski definition) is 4. The Labute approximate surface area is 130 Å². The first kappa shape index (κ1) is 16.7. The van der Waals surface area contributed by atoms with E-state index in [0.29, 0.717) is 11.3 Å². The van der Waals surface area contributed by atoms with Gasteiger partial charge in [-0.1, -0.05) is 6.07 Å². The lowest BCUT2D eigenvalue weighted by Gasteiger charge is -2.11. The number of halogens is 3. The molecule has 0 atom stereocenters. The number of pyridine rings is 2. The van der Waals surface area contributed by atoms with Crippen molar-refractivity contribution in [1.29, 1.82) is 0 Å². The third kappa shape index (κ3) is 4.67. The number of carbonyl (C=O) groups is 1. The van der Waals surface area contributed by atoms with Crippen LogP contribution in [0.3, 0.4) is 0 Å². The van der Waals surface area contributed by atoms with Crippen LogP contribution < -0.4 is 4.74 Å². The summed E-state index contributed by atoms with van der Waals surface area (Å²) in [7, 11) is 3.23. The van der Waals surface area contributed by atoms with Gasteiger partial charge in [0.1, 0.15) is 5.69 Å². The predicted molar refractivity (Wildman–Crippen MR) is 77.0 cm³/mol. The highest BCUT2D eigenvalue weighted by atomic mass is 19.4. The molecule has 2 heterocycles. The van der Waals surface area contributed by atoms with Gasteiger partial charge >= 0.3 is 6.18 Å². The topological polar surface area (TPSA) is 55.3 Å². The van der Waals surface area contributed by atoms with E-state index in [1.165, 1.54) is 23.2 Å². The summed E-state index contributed by atoms with van der Waals surface area (Å²) in [6, 6.07) is 7.79. The highest BCUT2D eigenvalue weighted by molar-refractivity contribution is 5.92. The Balaban J connectivity index is 2.16. The number of aromatic nitrogens is 2. The summed E-state index contributed by atoms with van der Waals surface area (Å²) in [5, 5.41) is 0. The van der Waals surface area contributed by atoms with Crippen LogP contribution in [0.15, 0.2) is 36.5 Å². The van der Waals surface area contributed by atoms with E-state index in [1.807, 2.05) is 0 Å². The van der Waals surface area contributed by atoms with Crippen LogP contribution >= 0.6 is 0 Å². The van der Waals surface area contributed by atoms with Crippen molar-refractivity contribution in [3.8, 4) is 17.1 Å². The maximum Gasteiger partial charge on any atom is 0.422 e. The van der Waals surface area contributed by atoms with Gasteiger partial charge in [0.05, 0.1) is 5.69 Å². The molecular weight excluding hydrogens is 311 g/mol. The summed E-state index contributed by atoms with van der Waals surface area (Å²) >= 11 is 0. The second-order valence-corrected chi connectivity index (χ2v) is 4.90. The fraction of sp³-hybridized carbons (Fsp3) is 0.267. The largest absolute Gasteiger partial charge is 0.468 e. The fourth-order valence-electron chi connectivity index (χ4n) is 1.72. The van der Waals surface area contributed by atoms with Gasteiger partial charge in [-0.3, -0.25) is 4.79 Å². The number of carbonyl (C=O) groups excluding carboxylic acids is 1. The molecule has 1 amide bonds. The summed E-state index contributed by atoms with van der Waals surface area (Å²) in [6.45, 7) is -1.40. The van der Waals surface area contributed by atoms with Crippen molar-refractivity contribution in [3.05, 3.63) is 42.2 Å². The molecule has 0 unspecified atom stereocenters. The molecule has 2 aromatic rings. The molecule has 0 fully saturated rings. The molecule has 122 valence electrons. The SMILES string of the molecule is CN(C)C(=O)c1cccc(-c2ccc(OCC(F)(F)F)nc2)n1. The summed E-state index contributed by atoms with van der Waals surface area (Å²) in [6.07, 6.45) is -3.07. The number of amides is 1. The quantitative estimate of drug-likeness (QED) is 0.867. The lowest BCUT2D eigenvalue weighted by Crippen LogP contribution is -2.22. The maximum atomic E-state index is 12.1. The first-order valence-electron chi connectivity index (χ1n) is 6.61. The van der Waals surface area contributed by atoms with Crippen molar-refractivity contribution in [2.75, 3.05) is 20.7 Å². The molecule has 0 saturated carbocycles. The van der Waals surface area contributed by atoms with Crippen molar-refractivity contribution in [2.45, 2.75) is 6.18 Å². The smallest absolute Gasteiger partial charge is 0.422 e. The standard InChI is InChI=1S/C15H14F3N3O2/c1-21(2)14(22)12-5-3-4-11(20-12)10-6-7-13(19-8-10)23-9-15(16,17)18/h3-8H,9H2,1-2H3. The first-order chi connectivity index (χ1) is 10.8. The molecule has 0 aromatic carbocycles. The van der Waals surface area contributed by atoms with E-state index < -0.39 is 12.8 Å². The van der Waals surface area contributed by atoms with Crippen molar-refractivity contribution in [2.24, 2.45) is 0 Å². The zero-order valence-electron chi connectivity index (χ0n) is 12.5. The Bertz CT molecular complexity index is 685. The summed E-state index contributed by atoms with van der Waals surface area (Å²) in [5.74, 6) is -0.378. The minimum absolute atomic E-state index is 0.133. The Morgan fingerprint density at radius 3 is 2.52 bits per heavy atom. The first-order valence-corrected chi connectivity index (χ1v) is 6.61. The van der Waals surface area contributed by atoms with E-state index in [1.54, 1.807) is 32.3 Å². The lowest BCUT2D eigenvalue weighted by molar-refractivity contribution is -0.154. The van der Waals surface area contributed by atoms with Gasteiger partial charge in [0.25, 0.3) is 5.91 Å². The number of nitrogens with zero attached hydrogens (tertiary/aromatic N) is 3. The Morgan fingerprint density at radius 1 is 1.22 bits per heavy atom. The van der Waals surface area contributed by atoms with E-state index in [2.05, 4.69) is 14.7 Å². The molecule has 2 aromatic heterocycles. The molecule has 8 heteroatoms. The number of alkyl halides is 3. The minimum atomic E-state index is -4.41. The number of ether oxygens (including phenoxy) is 1. The molecule has 0 aliphatic heterocycles. The van der Waals surface area contributed by atoms with Crippen LogP contribution in [-0.4, -0.2) is 47.7 Å². The van der Waals surface area contributed by atoms with E-state index in [0.717, 1.165) is 0 Å². The van der Waals surface area contributed by atoms with Gasteiger partial charge < -0.3 is 9.64 Å². The van der Waals surface area contributed by atoms with Crippen LogP contribution in [0.4, 0.5) is 13.2 Å². The van der Waals surface area contributed by atoms with Crippen molar-refractivity contribution >= 4 is 5.91 Å². The van der Waals surface area contributed by atoms with Gasteiger partial charge in [-0.2, -0.15) is 13.2 Å². The van der Waals surface area contributed by atoms with E-state index in [-0.39, 0.29) is 17.5 Å². The Kier molecular flexibility index (Phi) is 4.83. The molecule has 0 N–H and O–H groups in total. The van der Waals surface area contributed by atoms with Gasteiger partial charge in [-0.05, 0) is 18.2 Å². The van der Waals surface area contributed by atoms with Crippen LogP contribution in [0.5, 0.6) is 5.88 Å². The van der Waals surface area contributed by atoms with Crippen LogP contribution in [0.2, 0.25) is 0 Å². The zero-order chi connectivity index (χ0) is 17.0. The average molecular weight is 325 g/mol. The molecule has 2 rings (SSSR count). The fourth-order valence-corrected chi connectivity index (χ4v) is 1.72. The van der Waals surface area contributed by atoms with Crippen molar-refractivity contribution < 1.29 is 22.7 Å². The maximum absolute atomic E-state index is 12.1. The normalized spacial score (nSPS) is 11.2. The highest BCUT2D eigenvalue weighted by Crippen LogP contribution is 2.21. The van der Waals surface area contributed by atoms with Crippen LogP contribution in [0.1, 0.15) is 10.5 Å². The summed E-state index contributed by atoms with van der Waals surface area (Å²) < 4.78 is 40.8. The molecule has 0 bridgehead atoms. The number of hydrogen-bond donors (Lipinski definition) is 0. The zero-order valence-corrected chi connectivity index (χ0v) is 12.5. The summed E-state index contributed by atoms with van der Waals surface area (Å²) in [4.78, 5) is 21.3. The van der Waals surface area contributed by atoms with Crippen LogP contribution in [-0.2, 0) is 0 Å². The molecule has 0 radical (unpaired) electrons. The molecule has 0 aliphatic rings. The van der Waals surface area contributed by atoms with Gasteiger partial charge in [0.2, 0.25) is 5.88 Å². The van der Waals surface area contributed by atoms with Gasteiger partial charge in [-0.15, -0.1) is 0 Å². The highest BCUT2D eigenvalue weighted by Gasteiger charge is 2.28. The van der Waals surface area contributed by atoms with E-state index in [4.69, 9.17) is 0 Å². The monoisotopic (exact) mass is 325 g/mol. The lowest BCUT2D eigenvalue weighted by atomic mass is 10.2. The molecule has 23 heavy (non-hydrogen) atoms. The van der Waals surface area contributed by atoms with E-state index in [9.17, 15) is 18.0 Å².